The minimum absolute atomic E-state index is 0.0656. The minimum Gasteiger partial charge on any atom is -0.461 e. The van der Waals surface area contributed by atoms with Crippen LogP contribution in [0.25, 0.3) is 0 Å². The Balaban J connectivity index is 1.66. The van der Waals surface area contributed by atoms with Crippen molar-refractivity contribution in [2.75, 3.05) is 26.2 Å². The van der Waals surface area contributed by atoms with Crippen LogP contribution in [0.1, 0.15) is 43.0 Å². The van der Waals surface area contributed by atoms with Gasteiger partial charge >= 0.3 is 5.97 Å². The van der Waals surface area contributed by atoms with E-state index in [2.05, 4.69) is 17.1 Å². The third-order valence-corrected chi connectivity index (χ3v) is 4.23. The molecule has 1 N–H and O–H groups in total. The van der Waals surface area contributed by atoms with Gasteiger partial charge in [0, 0.05) is 25.6 Å². The van der Waals surface area contributed by atoms with Crippen molar-refractivity contribution in [3.63, 3.8) is 0 Å². The summed E-state index contributed by atoms with van der Waals surface area (Å²) in [7, 11) is 0. The van der Waals surface area contributed by atoms with Gasteiger partial charge in [-0.15, -0.1) is 0 Å². The van der Waals surface area contributed by atoms with Crippen LogP contribution in [-0.4, -0.2) is 49.1 Å². The highest BCUT2D eigenvalue weighted by Gasteiger charge is 2.21. The first-order valence-electron chi connectivity index (χ1n) is 8.64. The maximum atomic E-state index is 13.5. The zero-order valence-electron chi connectivity index (χ0n) is 14.4. The monoisotopic (exact) mass is 354 g/mol. The van der Waals surface area contributed by atoms with Crippen molar-refractivity contribution in [3.8, 4) is 0 Å². The van der Waals surface area contributed by atoms with Crippen LogP contribution >= 0.6 is 0 Å². The number of benzene rings is 1. The molecule has 1 aromatic carbocycles. The van der Waals surface area contributed by atoms with Gasteiger partial charge in [0.1, 0.15) is 17.7 Å². The molecule has 1 aliphatic heterocycles. The number of hydrogen-bond acceptors (Lipinski definition) is 4. The number of likely N-dealkylation sites (N-methyl/N-ethyl adjacent to an activating group) is 1. The zero-order chi connectivity index (χ0) is 18.2. The Bertz CT molecular complexity index is 610. The summed E-state index contributed by atoms with van der Waals surface area (Å²) in [4.78, 5) is 25.9. The van der Waals surface area contributed by atoms with E-state index >= 15 is 0 Å². The molecule has 5 nitrogen and oxygen atoms in total. The molecule has 2 rings (SSSR count). The van der Waals surface area contributed by atoms with Gasteiger partial charge in [0.25, 0.3) is 5.91 Å². The Kier molecular flexibility index (Phi) is 7.31. The predicted molar refractivity (Wildman–Crippen MR) is 89.2 cm³/mol. The van der Waals surface area contributed by atoms with E-state index in [4.69, 9.17) is 4.74 Å². The Labute approximate surface area is 146 Å². The summed E-state index contributed by atoms with van der Waals surface area (Å²) < 4.78 is 31.8. The molecular formula is C18H24F2N2O3. The van der Waals surface area contributed by atoms with Crippen LogP contribution in [0.5, 0.6) is 0 Å². The summed E-state index contributed by atoms with van der Waals surface area (Å²) in [5.41, 5.74) is -0.217. The van der Waals surface area contributed by atoms with Crippen LogP contribution < -0.4 is 5.32 Å². The summed E-state index contributed by atoms with van der Waals surface area (Å²) in [5.74, 6) is -2.56. The molecule has 0 saturated carbocycles. The minimum atomic E-state index is -0.908. The van der Waals surface area contributed by atoms with E-state index in [0.717, 1.165) is 44.6 Å². The lowest BCUT2D eigenvalue weighted by Gasteiger charge is -2.31. The van der Waals surface area contributed by atoms with Gasteiger partial charge in [-0.2, -0.15) is 0 Å². The third-order valence-electron chi connectivity index (χ3n) is 4.23. The van der Waals surface area contributed by atoms with E-state index in [9.17, 15) is 18.4 Å². The van der Waals surface area contributed by atoms with Gasteiger partial charge in [-0.3, -0.25) is 14.5 Å². The molecule has 1 aromatic rings. The molecule has 1 atom stereocenters. The molecule has 0 bridgehead atoms. The molecule has 1 fully saturated rings. The fourth-order valence-electron chi connectivity index (χ4n) is 2.84. The molecule has 1 aliphatic rings. The number of nitrogens with one attached hydrogen (secondary N) is 1. The topological polar surface area (TPSA) is 58.6 Å². The number of carbonyl (C=O) groups is 2. The summed E-state index contributed by atoms with van der Waals surface area (Å²) in [6, 6.07) is 2.78. The maximum Gasteiger partial charge on any atom is 0.306 e. The molecule has 1 amide bonds. The van der Waals surface area contributed by atoms with Crippen molar-refractivity contribution < 1.29 is 23.1 Å². The van der Waals surface area contributed by atoms with Crippen molar-refractivity contribution in [1.82, 2.24) is 10.2 Å². The fourth-order valence-corrected chi connectivity index (χ4v) is 2.84. The molecular weight excluding hydrogens is 330 g/mol. The predicted octanol–water partition coefficient (Wildman–Crippen LogP) is 2.50. The number of esters is 1. The molecule has 138 valence electrons. The van der Waals surface area contributed by atoms with E-state index < -0.39 is 17.5 Å². The van der Waals surface area contributed by atoms with Crippen LogP contribution in [-0.2, 0) is 9.53 Å². The Hall–Kier alpha value is -2.02. The smallest absolute Gasteiger partial charge is 0.306 e. The lowest BCUT2D eigenvalue weighted by atomic mass is 10.1. The lowest BCUT2D eigenvalue weighted by molar-refractivity contribution is -0.151. The molecule has 1 saturated heterocycles. The number of likely N-dealkylation sites (tertiary alicyclic amines) is 1. The number of ether oxygens (including phenoxy) is 1. The average molecular weight is 354 g/mol. The normalized spacial score (nSPS) is 18.0. The number of halogens is 2. The number of rotatable bonds is 7. The van der Waals surface area contributed by atoms with Gasteiger partial charge in [0.15, 0.2) is 0 Å². The van der Waals surface area contributed by atoms with Gasteiger partial charge in [-0.05, 0) is 44.5 Å². The van der Waals surface area contributed by atoms with Crippen molar-refractivity contribution in [1.29, 1.82) is 0 Å². The first-order chi connectivity index (χ1) is 12.0. The van der Waals surface area contributed by atoms with Crippen LogP contribution in [0.4, 0.5) is 8.78 Å². The Morgan fingerprint density at radius 2 is 2.16 bits per heavy atom. The second-order valence-electron chi connectivity index (χ2n) is 6.13. The van der Waals surface area contributed by atoms with Crippen molar-refractivity contribution in [2.45, 2.75) is 38.7 Å². The van der Waals surface area contributed by atoms with Gasteiger partial charge in [-0.25, -0.2) is 8.78 Å². The van der Waals surface area contributed by atoms with Crippen molar-refractivity contribution in [2.24, 2.45) is 0 Å². The highest BCUT2D eigenvalue weighted by molar-refractivity contribution is 5.94. The van der Waals surface area contributed by atoms with Gasteiger partial charge in [0.05, 0.1) is 5.56 Å². The lowest BCUT2D eigenvalue weighted by Crippen LogP contribution is -2.40. The van der Waals surface area contributed by atoms with Crippen LogP contribution in [0.2, 0.25) is 0 Å². The quantitative estimate of drug-likeness (QED) is 0.604. The van der Waals surface area contributed by atoms with Crippen LogP contribution in [0.3, 0.4) is 0 Å². The number of hydrogen-bond donors (Lipinski definition) is 1. The molecule has 0 aliphatic carbocycles. The summed E-state index contributed by atoms with van der Waals surface area (Å²) >= 11 is 0. The van der Waals surface area contributed by atoms with E-state index in [0.29, 0.717) is 12.5 Å². The van der Waals surface area contributed by atoms with E-state index in [1.54, 1.807) is 0 Å². The van der Waals surface area contributed by atoms with Gasteiger partial charge in [-0.1, -0.05) is 6.92 Å². The second-order valence-corrected chi connectivity index (χ2v) is 6.13. The highest BCUT2D eigenvalue weighted by Crippen LogP contribution is 2.14. The van der Waals surface area contributed by atoms with Gasteiger partial charge in [0.2, 0.25) is 0 Å². The third kappa shape index (κ3) is 6.08. The first-order valence-corrected chi connectivity index (χ1v) is 8.64. The van der Waals surface area contributed by atoms with E-state index in [1.807, 2.05) is 0 Å². The number of carbonyl (C=O) groups excluding carboxylic acids is 2. The zero-order valence-corrected chi connectivity index (χ0v) is 14.4. The summed E-state index contributed by atoms with van der Waals surface area (Å²) in [6.07, 6.45) is 2.42. The fraction of sp³-hybridized carbons (Fsp3) is 0.556. The molecule has 7 heteroatoms. The number of nitrogens with zero attached hydrogens (tertiary/aromatic N) is 1. The largest absolute Gasteiger partial charge is 0.461 e. The molecule has 1 unspecified atom stereocenters. The van der Waals surface area contributed by atoms with Gasteiger partial charge < -0.3 is 10.1 Å². The van der Waals surface area contributed by atoms with E-state index in [-0.39, 0.29) is 30.6 Å². The number of amides is 1. The SMILES string of the molecule is CCN1CCCC(OC(=O)CCCNC(=O)c2ccc(F)cc2F)C1. The molecule has 1 heterocycles. The number of piperidine rings is 1. The van der Waals surface area contributed by atoms with E-state index in [1.165, 1.54) is 0 Å². The summed E-state index contributed by atoms with van der Waals surface area (Å²) in [5, 5.41) is 2.52. The molecule has 0 spiro atoms. The molecule has 0 aromatic heterocycles. The first kappa shape index (κ1) is 19.3. The second kappa shape index (κ2) is 9.46. The molecule has 25 heavy (non-hydrogen) atoms. The molecule has 0 radical (unpaired) electrons. The average Bonchev–Trinajstić information content (AvgIpc) is 2.58. The standard InChI is InChI=1S/C18H24F2N2O3/c1-2-22-10-4-5-14(12-22)25-17(23)6-3-9-21-18(24)15-8-7-13(19)11-16(15)20/h7-8,11,14H,2-6,9-10,12H2,1H3,(H,21,24). The van der Waals surface area contributed by atoms with Crippen molar-refractivity contribution in [3.05, 3.63) is 35.4 Å². The van der Waals surface area contributed by atoms with Crippen LogP contribution in [0.15, 0.2) is 18.2 Å². The highest BCUT2D eigenvalue weighted by atomic mass is 19.1. The Morgan fingerprint density at radius 3 is 2.88 bits per heavy atom. The summed E-state index contributed by atoms with van der Waals surface area (Å²) in [6.45, 7) is 5.05. The Morgan fingerprint density at radius 1 is 1.36 bits per heavy atom. The van der Waals surface area contributed by atoms with Crippen molar-refractivity contribution >= 4 is 11.9 Å². The van der Waals surface area contributed by atoms with Crippen LogP contribution in [0, 0.1) is 11.6 Å². The maximum absolute atomic E-state index is 13.5.